The summed E-state index contributed by atoms with van der Waals surface area (Å²) in [5, 5.41) is 1.02. The molecular weight excluding hydrogens is 224 g/mol. The number of thiophene rings is 1. The second-order valence-electron chi connectivity index (χ2n) is 3.62. The summed E-state index contributed by atoms with van der Waals surface area (Å²) < 4.78 is 0. The van der Waals surface area contributed by atoms with E-state index in [0.29, 0.717) is 0 Å². The van der Waals surface area contributed by atoms with Gasteiger partial charge in [0, 0.05) is 14.6 Å². The molecule has 0 aliphatic heterocycles. The molecule has 1 unspecified atom stereocenters. The number of aromatic nitrogens is 1. The molecule has 0 fully saturated rings. The lowest BCUT2D eigenvalue weighted by molar-refractivity contribution is 0.871. The van der Waals surface area contributed by atoms with Gasteiger partial charge in [0.25, 0.3) is 0 Å². The van der Waals surface area contributed by atoms with Crippen molar-refractivity contribution in [2.75, 3.05) is 0 Å². The van der Waals surface area contributed by atoms with E-state index in [9.17, 15) is 0 Å². The summed E-state index contributed by atoms with van der Waals surface area (Å²) >= 11 is 3.44. The molecule has 2 N–H and O–H groups in total. The van der Waals surface area contributed by atoms with Gasteiger partial charge in [-0.25, -0.2) is 4.98 Å². The van der Waals surface area contributed by atoms with Crippen molar-refractivity contribution in [2.24, 2.45) is 5.73 Å². The smallest absolute Gasteiger partial charge is 0.115 e. The minimum atomic E-state index is -0.0545. The van der Waals surface area contributed by atoms with Crippen LogP contribution in [0.15, 0.2) is 12.1 Å². The molecule has 0 saturated heterocycles. The van der Waals surface area contributed by atoms with Crippen LogP contribution >= 0.6 is 22.7 Å². The van der Waals surface area contributed by atoms with E-state index in [1.807, 2.05) is 6.92 Å². The monoisotopic (exact) mass is 238 g/mol. The summed E-state index contributed by atoms with van der Waals surface area (Å²) in [7, 11) is 0. The number of hydrogen-bond acceptors (Lipinski definition) is 4. The zero-order valence-corrected chi connectivity index (χ0v) is 10.7. The quantitative estimate of drug-likeness (QED) is 0.872. The molecule has 0 saturated carbocycles. The van der Waals surface area contributed by atoms with Crippen molar-refractivity contribution in [1.29, 1.82) is 0 Å². The first-order valence-corrected chi connectivity index (χ1v) is 6.47. The average molecular weight is 238 g/mol. The largest absolute Gasteiger partial charge is 0.318 e. The number of nitrogens with two attached hydrogens (primary N) is 1. The van der Waals surface area contributed by atoms with Crippen LogP contribution < -0.4 is 5.73 Å². The van der Waals surface area contributed by atoms with Crippen molar-refractivity contribution in [3.05, 3.63) is 37.5 Å². The predicted octanol–water partition coefficient (Wildman–Crippen LogP) is 3.18. The maximum absolute atomic E-state index is 6.17. The molecule has 2 rings (SSSR count). The second-order valence-corrected chi connectivity index (χ2v) is 6.17. The van der Waals surface area contributed by atoms with Crippen LogP contribution in [0.1, 0.15) is 31.4 Å². The van der Waals surface area contributed by atoms with E-state index >= 15 is 0 Å². The second kappa shape index (κ2) is 4.04. The number of thiazole rings is 1. The van der Waals surface area contributed by atoms with Gasteiger partial charge in [-0.15, -0.1) is 22.7 Å². The summed E-state index contributed by atoms with van der Waals surface area (Å²) in [6.45, 7) is 6.21. The Morgan fingerprint density at radius 2 is 1.93 bits per heavy atom. The molecule has 1 atom stereocenters. The Morgan fingerprint density at radius 1 is 1.20 bits per heavy atom. The zero-order valence-electron chi connectivity index (χ0n) is 9.07. The van der Waals surface area contributed by atoms with Crippen molar-refractivity contribution in [2.45, 2.75) is 26.8 Å². The van der Waals surface area contributed by atoms with Crippen LogP contribution in [0, 0.1) is 20.8 Å². The molecule has 80 valence electrons. The van der Waals surface area contributed by atoms with Crippen molar-refractivity contribution in [1.82, 2.24) is 4.98 Å². The number of hydrogen-bond donors (Lipinski definition) is 1. The number of aryl methyl sites for hydroxylation is 3. The van der Waals surface area contributed by atoms with Gasteiger partial charge in [-0.2, -0.15) is 0 Å². The van der Waals surface area contributed by atoms with Crippen LogP contribution in [0.3, 0.4) is 0 Å². The molecule has 0 amide bonds. The molecular formula is C11H14N2S2. The first-order chi connectivity index (χ1) is 7.08. The highest BCUT2D eigenvalue weighted by Gasteiger charge is 2.15. The summed E-state index contributed by atoms with van der Waals surface area (Å²) in [6.07, 6.45) is 0. The van der Waals surface area contributed by atoms with E-state index in [0.717, 1.165) is 10.7 Å². The molecule has 0 aliphatic carbocycles. The fourth-order valence-electron chi connectivity index (χ4n) is 1.37. The molecule has 0 aromatic carbocycles. The third-order valence-electron chi connectivity index (χ3n) is 2.38. The third kappa shape index (κ3) is 2.12. The normalized spacial score (nSPS) is 13.1. The van der Waals surface area contributed by atoms with E-state index in [2.05, 4.69) is 31.0 Å². The average Bonchev–Trinajstić information content (AvgIpc) is 2.74. The van der Waals surface area contributed by atoms with E-state index in [1.165, 1.54) is 14.6 Å². The molecule has 0 aliphatic rings. The first kappa shape index (κ1) is 10.8. The van der Waals surface area contributed by atoms with Crippen LogP contribution in [-0.4, -0.2) is 4.98 Å². The topological polar surface area (TPSA) is 38.9 Å². The highest BCUT2D eigenvalue weighted by molar-refractivity contribution is 7.13. The van der Waals surface area contributed by atoms with Gasteiger partial charge in [0.15, 0.2) is 0 Å². The summed E-state index contributed by atoms with van der Waals surface area (Å²) in [6, 6.07) is 4.14. The lowest BCUT2D eigenvalue weighted by atomic mass is 10.2. The summed E-state index contributed by atoms with van der Waals surface area (Å²) in [4.78, 5) is 8.25. The molecule has 2 aromatic heterocycles. The third-order valence-corrected chi connectivity index (χ3v) is 4.62. The van der Waals surface area contributed by atoms with Crippen molar-refractivity contribution in [3.8, 4) is 0 Å². The van der Waals surface area contributed by atoms with Crippen molar-refractivity contribution >= 4 is 22.7 Å². The molecule has 2 heterocycles. The molecule has 0 spiro atoms. The molecule has 2 nitrogen and oxygen atoms in total. The highest BCUT2D eigenvalue weighted by atomic mass is 32.1. The maximum Gasteiger partial charge on any atom is 0.115 e. The Bertz CT molecular complexity index is 451. The molecule has 0 bridgehead atoms. The zero-order chi connectivity index (χ0) is 11.0. The van der Waals surface area contributed by atoms with E-state index in [-0.39, 0.29) is 6.04 Å². The van der Waals surface area contributed by atoms with Gasteiger partial charge >= 0.3 is 0 Å². The van der Waals surface area contributed by atoms with Gasteiger partial charge in [0.05, 0.1) is 11.7 Å². The number of rotatable bonds is 2. The lowest BCUT2D eigenvalue weighted by Crippen LogP contribution is -2.09. The highest BCUT2D eigenvalue weighted by Crippen LogP contribution is 2.29. The first-order valence-electron chi connectivity index (χ1n) is 4.84. The van der Waals surface area contributed by atoms with Crippen LogP contribution in [0.4, 0.5) is 0 Å². The summed E-state index contributed by atoms with van der Waals surface area (Å²) in [5.74, 6) is 0. The molecule has 2 aromatic rings. The Hall–Kier alpha value is -0.710. The Morgan fingerprint density at radius 3 is 2.40 bits per heavy atom. The van der Waals surface area contributed by atoms with E-state index in [4.69, 9.17) is 5.73 Å². The van der Waals surface area contributed by atoms with Gasteiger partial charge in [0.1, 0.15) is 5.01 Å². The predicted molar refractivity (Wildman–Crippen MR) is 66.7 cm³/mol. The van der Waals surface area contributed by atoms with Crippen LogP contribution in [0.25, 0.3) is 0 Å². The molecule has 0 radical (unpaired) electrons. The fraction of sp³-hybridized carbons (Fsp3) is 0.364. The maximum atomic E-state index is 6.17. The minimum Gasteiger partial charge on any atom is -0.318 e. The van der Waals surface area contributed by atoms with E-state index in [1.54, 1.807) is 22.7 Å². The van der Waals surface area contributed by atoms with Gasteiger partial charge in [-0.3, -0.25) is 0 Å². The molecule has 4 heteroatoms. The SMILES string of the molecule is Cc1ccc(C(N)c2nc(C)c(C)s2)s1. The van der Waals surface area contributed by atoms with Crippen molar-refractivity contribution < 1.29 is 0 Å². The van der Waals surface area contributed by atoms with Gasteiger partial charge in [-0.1, -0.05) is 0 Å². The Kier molecular flexibility index (Phi) is 2.91. The van der Waals surface area contributed by atoms with Crippen LogP contribution in [-0.2, 0) is 0 Å². The van der Waals surface area contributed by atoms with Gasteiger partial charge < -0.3 is 5.73 Å². The Labute approximate surface area is 97.8 Å². The summed E-state index contributed by atoms with van der Waals surface area (Å²) in [5.41, 5.74) is 7.27. The number of nitrogens with zero attached hydrogens (tertiary/aromatic N) is 1. The van der Waals surface area contributed by atoms with Gasteiger partial charge in [0.2, 0.25) is 0 Å². The molecule has 15 heavy (non-hydrogen) atoms. The van der Waals surface area contributed by atoms with Gasteiger partial charge in [-0.05, 0) is 32.9 Å². The van der Waals surface area contributed by atoms with Crippen LogP contribution in [0.2, 0.25) is 0 Å². The van der Waals surface area contributed by atoms with E-state index < -0.39 is 0 Å². The minimum absolute atomic E-state index is 0.0545. The standard InChI is InChI=1S/C11H14N2S2/c1-6-4-5-9(14-6)10(12)11-13-7(2)8(3)15-11/h4-5,10H,12H2,1-3H3. The lowest BCUT2D eigenvalue weighted by Gasteiger charge is -2.04. The van der Waals surface area contributed by atoms with Crippen molar-refractivity contribution in [3.63, 3.8) is 0 Å². The fourth-order valence-corrected chi connectivity index (χ4v) is 3.27. The van der Waals surface area contributed by atoms with Crippen LogP contribution in [0.5, 0.6) is 0 Å². The Balaban J connectivity index is 2.31.